The largest absolute Gasteiger partial charge is 0.379 e. The first kappa shape index (κ1) is 14.8. The molecular formula is C17H32N2O. The van der Waals surface area contributed by atoms with Crippen molar-refractivity contribution in [1.82, 2.24) is 10.2 Å². The lowest BCUT2D eigenvalue weighted by molar-refractivity contribution is -0.0375. The van der Waals surface area contributed by atoms with Crippen LogP contribution in [-0.4, -0.2) is 49.3 Å². The van der Waals surface area contributed by atoms with Crippen molar-refractivity contribution in [1.29, 1.82) is 0 Å². The highest BCUT2D eigenvalue weighted by Crippen LogP contribution is 2.44. The second-order valence-corrected chi connectivity index (χ2v) is 7.10. The lowest BCUT2D eigenvalue weighted by Gasteiger charge is -2.49. The van der Waals surface area contributed by atoms with Crippen molar-refractivity contribution >= 4 is 0 Å². The Morgan fingerprint density at radius 2 is 1.90 bits per heavy atom. The van der Waals surface area contributed by atoms with Gasteiger partial charge in [-0.05, 0) is 38.1 Å². The summed E-state index contributed by atoms with van der Waals surface area (Å²) in [6, 6.07) is 0.718. The molecule has 1 heterocycles. The van der Waals surface area contributed by atoms with Gasteiger partial charge in [0.05, 0.1) is 13.2 Å². The van der Waals surface area contributed by atoms with Gasteiger partial charge in [0.1, 0.15) is 0 Å². The predicted octanol–water partition coefficient (Wildman–Crippen LogP) is 2.80. The van der Waals surface area contributed by atoms with Crippen LogP contribution in [0.2, 0.25) is 0 Å². The first-order valence-corrected chi connectivity index (χ1v) is 8.91. The van der Waals surface area contributed by atoms with Gasteiger partial charge < -0.3 is 10.1 Å². The molecule has 1 N–H and O–H groups in total. The van der Waals surface area contributed by atoms with Gasteiger partial charge >= 0.3 is 0 Å². The molecule has 3 nitrogen and oxygen atoms in total. The summed E-state index contributed by atoms with van der Waals surface area (Å²) in [7, 11) is 0. The molecule has 1 unspecified atom stereocenters. The third-order valence-electron chi connectivity index (χ3n) is 5.67. The zero-order valence-corrected chi connectivity index (χ0v) is 13.2. The second-order valence-electron chi connectivity index (χ2n) is 7.10. The number of morpholine rings is 1. The lowest BCUT2D eigenvalue weighted by Crippen LogP contribution is -2.62. The van der Waals surface area contributed by atoms with Crippen LogP contribution in [0.5, 0.6) is 0 Å². The van der Waals surface area contributed by atoms with Gasteiger partial charge in [-0.3, -0.25) is 4.90 Å². The summed E-state index contributed by atoms with van der Waals surface area (Å²) in [5, 5.41) is 3.94. The monoisotopic (exact) mass is 280 g/mol. The zero-order chi connectivity index (χ0) is 13.8. The van der Waals surface area contributed by atoms with Crippen molar-refractivity contribution in [3.63, 3.8) is 0 Å². The molecular weight excluding hydrogens is 248 g/mol. The van der Waals surface area contributed by atoms with Crippen molar-refractivity contribution < 1.29 is 4.74 Å². The summed E-state index contributed by atoms with van der Waals surface area (Å²) >= 11 is 0. The highest BCUT2D eigenvalue weighted by Gasteiger charge is 2.47. The van der Waals surface area contributed by atoms with Gasteiger partial charge in [0.15, 0.2) is 0 Å². The van der Waals surface area contributed by atoms with Gasteiger partial charge in [0.2, 0.25) is 0 Å². The first-order chi connectivity index (χ1) is 9.85. The standard InChI is InChI=1S/C17H32N2O/c1-2-9-18-16(14-15-5-6-15)17(7-3-4-8-17)19-10-12-20-13-11-19/h15-16,18H,2-14H2,1H3. The van der Waals surface area contributed by atoms with Crippen molar-refractivity contribution in [2.24, 2.45) is 5.92 Å². The third-order valence-corrected chi connectivity index (χ3v) is 5.67. The Labute approximate surface area is 124 Å². The molecule has 20 heavy (non-hydrogen) atoms. The first-order valence-electron chi connectivity index (χ1n) is 8.91. The lowest BCUT2D eigenvalue weighted by atomic mass is 9.82. The van der Waals surface area contributed by atoms with Crippen LogP contribution in [0.15, 0.2) is 0 Å². The normalized spacial score (nSPS) is 28.6. The van der Waals surface area contributed by atoms with Crippen LogP contribution in [0.25, 0.3) is 0 Å². The van der Waals surface area contributed by atoms with E-state index in [4.69, 9.17) is 4.74 Å². The fourth-order valence-corrected chi connectivity index (χ4v) is 4.38. The minimum absolute atomic E-state index is 0.446. The summed E-state index contributed by atoms with van der Waals surface area (Å²) in [4.78, 5) is 2.79. The SMILES string of the molecule is CCCNC(CC1CC1)C1(N2CCOCC2)CCCC1. The fraction of sp³-hybridized carbons (Fsp3) is 1.00. The van der Waals surface area contributed by atoms with Gasteiger partial charge in [-0.15, -0.1) is 0 Å². The molecule has 2 saturated carbocycles. The van der Waals surface area contributed by atoms with Crippen LogP contribution in [0.4, 0.5) is 0 Å². The van der Waals surface area contributed by atoms with Gasteiger partial charge in [-0.2, -0.15) is 0 Å². The Morgan fingerprint density at radius 3 is 2.50 bits per heavy atom. The fourth-order valence-electron chi connectivity index (χ4n) is 4.38. The summed E-state index contributed by atoms with van der Waals surface area (Å²) in [5.41, 5.74) is 0.446. The van der Waals surface area contributed by atoms with E-state index in [0.29, 0.717) is 5.54 Å². The Balaban J connectivity index is 1.73. The van der Waals surface area contributed by atoms with Crippen LogP contribution in [0, 0.1) is 5.92 Å². The van der Waals surface area contributed by atoms with Gasteiger partial charge in [0, 0.05) is 24.7 Å². The van der Waals surface area contributed by atoms with E-state index in [0.717, 1.165) is 38.3 Å². The van der Waals surface area contributed by atoms with Crippen molar-refractivity contribution in [3.05, 3.63) is 0 Å². The molecule has 1 saturated heterocycles. The summed E-state index contributed by atoms with van der Waals surface area (Å²) < 4.78 is 5.60. The van der Waals surface area contributed by atoms with E-state index >= 15 is 0 Å². The number of hydrogen-bond donors (Lipinski definition) is 1. The van der Waals surface area contributed by atoms with E-state index in [1.807, 2.05) is 0 Å². The summed E-state index contributed by atoms with van der Waals surface area (Å²) in [6.07, 6.45) is 11.3. The van der Waals surface area contributed by atoms with Crippen LogP contribution in [0.3, 0.4) is 0 Å². The molecule has 0 spiro atoms. The Bertz CT molecular complexity index is 291. The van der Waals surface area contributed by atoms with E-state index in [9.17, 15) is 0 Å². The molecule has 0 aromatic carbocycles. The second kappa shape index (κ2) is 6.76. The van der Waals surface area contributed by atoms with E-state index < -0.39 is 0 Å². The highest BCUT2D eigenvalue weighted by atomic mass is 16.5. The number of ether oxygens (including phenoxy) is 1. The molecule has 0 bridgehead atoms. The van der Waals surface area contributed by atoms with E-state index in [1.165, 1.54) is 57.9 Å². The molecule has 0 amide bonds. The molecule has 116 valence electrons. The minimum Gasteiger partial charge on any atom is -0.379 e. The number of rotatable bonds is 7. The smallest absolute Gasteiger partial charge is 0.0594 e. The van der Waals surface area contributed by atoms with Crippen LogP contribution in [0.1, 0.15) is 58.3 Å². The molecule has 1 aliphatic heterocycles. The third kappa shape index (κ3) is 3.20. The Morgan fingerprint density at radius 1 is 1.20 bits per heavy atom. The Kier molecular flexibility index (Phi) is 5.00. The summed E-state index contributed by atoms with van der Waals surface area (Å²) in [5.74, 6) is 1.02. The van der Waals surface area contributed by atoms with E-state index in [-0.39, 0.29) is 0 Å². The molecule has 2 aliphatic carbocycles. The van der Waals surface area contributed by atoms with Crippen LogP contribution < -0.4 is 5.32 Å². The average molecular weight is 280 g/mol. The molecule has 0 radical (unpaired) electrons. The molecule has 0 aromatic rings. The number of hydrogen-bond acceptors (Lipinski definition) is 3. The molecule has 3 heteroatoms. The summed E-state index contributed by atoms with van der Waals surface area (Å²) in [6.45, 7) is 7.64. The van der Waals surface area contributed by atoms with E-state index in [1.54, 1.807) is 0 Å². The average Bonchev–Trinajstić information content (AvgIpc) is 3.18. The molecule has 1 atom stereocenters. The zero-order valence-electron chi connectivity index (χ0n) is 13.2. The topological polar surface area (TPSA) is 24.5 Å². The van der Waals surface area contributed by atoms with Crippen LogP contribution >= 0.6 is 0 Å². The maximum absolute atomic E-state index is 5.60. The maximum atomic E-state index is 5.60. The highest BCUT2D eigenvalue weighted by molar-refractivity contribution is 5.05. The molecule has 3 fully saturated rings. The maximum Gasteiger partial charge on any atom is 0.0594 e. The number of nitrogens with zero attached hydrogens (tertiary/aromatic N) is 1. The van der Waals surface area contributed by atoms with Gasteiger partial charge in [0.25, 0.3) is 0 Å². The molecule has 3 aliphatic rings. The quantitative estimate of drug-likeness (QED) is 0.776. The minimum atomic E-state index is 0.446. The van der Waals surface area contributed by atoms with E-state index in [2.05, 4.69) is 17.1 Å². The molecule has 3 rings (SSSR count). The van der Waals surface area contributed by atoms with Crippen LogP contribution in [-0.2, 0) is 4.74 Å². The van der Waals surface area contributed by atoms with Crippen molar-refractivity contribution in [3.8, 4) is 0 Å². The van der Waals surface area contributed by atoms with Gasteiger partial charge in [-0.25, -0.2) is 0 Å². The Hall–Kier alpha value is -0.120. The number of nitrogens with one attached hydrogen (secondary N) is 1. The van der Waals surface area contributed by atoms with Crippen molar-refractivity contribution in [2.75, 3.05) is 32.8 Å². The van der Waals surface area contributed by atoms with Crippen molar-refractivity contribution in [2.45, 2.75) is 69.9 Å². The van der Waals surface area contributed by atoms with Gasteiger partial charge in [-0.1, -0.05) is 32.6 Å². The predicted molar refractivity (Wildman–Crippen MR) is 83.0 cm³/mol. The molecule has 0 aromatic heterocycles.